The van der Waals surface area contributed by atoms with Crippen molar-refractivity contribution in [2.75, 3.05) is 19.0 Å². The van der Waals surface area contributed by atoms with Crippen LogP contribution in [0.3, 0.4) is 0 Å². The Balaban J connectivity index is 1.60. The molecule has 5 heteroatoms. The third kappa shape index (κ3) is 3.50. The van der Waals surface area contributed by atoms with Crippen molar-refractivity contribution in [1.29, 1.82) is 0 Å². The fraction of sp³-hybridized carbons (Fsp3) is 0.667. The predicted molar refractivity (Wildman–Crippen MR) is 91.9 cm³/mol. The Morgan fingerprint density at radius 3 is 2.70 bits per heavy atom. The van der Waals surface area contributed by atoms with E-state index in [4.69, 9.17) is 5.73 Å². The minimum atomic E-state index is 0.129. The molecule has 1 heterocycles. The van der Waals surface area contributed by atoms with Crippen LogP contribution in [-0.2, 0) is 11.3 Å². The van der Waals surface area contributed by atoms with Crippen LogP contribution in [-0.4, -0.2) is 31.0 Å². The first-order valence-corrected chi connectivity index (χ1v) is 8.70. The number of rotatable bonds is 4. The van der Waals surface area contributed by atoms with Gasteiger partial charge in [-0.3, -0.25) is 4.79 Å². The number of nitrogens with zero attached hydrogens (tertiary/aromatic N) is 2. The molecule has 0 saturated heterocycles. The van der Waals surface area contributed by atoms with Gasteiger partial charge in [-0.05, 0) is 43.6 Å². The van der Waals surface area contributed by atoms with E-state index in [-0.39, 0.29) is 11.8 Å². The molecule has 5 nitrogen and oxygen atoms in total. The van der Waals surface area contributed by atoms with Gasteiger partial charge in [0.05, 0.1) is 0 Å². The van der Waals surface area contributed by atoms with E-state index >= 15 is 0 Å². The summed E-state index contributed by atoms with van der Waals surface area (Å²) in [5, 5.41) is 3.12. The molecule has 0 radical (unpaired) electrons. The first-order valence-electron chi connectivity index (χ1n) is 8.70. The van der Waals surface area contributed by atoms with E-state index in [1.165, 1.54) is 19.3 Å². The van der Waals surface area contributed by atoms with Crippen molar-refractivity contribution in [2.24, 2.45) is 23.5 Å². The number of carbonyl (C=O) groups is 1. The van der Waals surface area contributed by atoms with Crippen molar-refractivity contribution in [1.82, 2.24) is 10.3 Å². The van der Waals surface area contributed by atoms with E-state index in [1.54, 1.807) is 6.20 Å². The van der Waals surface area contributed by atoms with Gasteiger partial charge in [-0.2, -0.15) is 0 Å². The van der Waals surface area contributed by atoms with Crippen LogP contribution in [0, 0.1) is 17.8 Å². The van der Waals surface area contributed by atoms with Crippen molar-refractivity contribution in [3.05, 3.63) is 23.9 Å². The van der Waals surface area contributed by atoms with Gasteiger partial charge < -0.3 is 16.0 Å². The van der Waals surface area contributed by atoms with E-state index in [9.17, 15) is 4.79 Å². The zero-order valence-corrected chi connectivity index (χ0v) is 14.2. The summed E-state index contributed by atoms with van der Waals surface area (Å²) in [6.45, 7) is 0.540. The molecule has 1 aromatic rings. The third-order valence-corrected chi connectivity index (χ3v) is 5.53. The topological polar surface area (TPSA) is 71.2 Å². The molecule has 2 atom stereocenters. The fourth-order valence-corrected chi connectivity index (χ4v) is 4.30. The van der Waals surface area contributed by atoms with Crippen LogP contribution in [0.5, 0.6) is 0 Å². The van der Waals surface area contributed by atoms with Crippen LogP contribution in [0.25, 0.3) is 0 Å². The smallest absolute Gasteiger partial charge is 0.223 e. The number of hydrogen-bond acceptors (Lipinski definition) is 4. The van der Waals surface area contributed by atoms with Gasteiger partial charge in [0.15, 0.2) is 0 Å². The average Bonchev–Trinajstić information content (AvgIpc) is 2.52. The monoisotopic (exact) mass is 316 g/mol. The molecular formula is C18H28N4O. The number of fused-ring (bicyclic) bond motifs is 2. The quantitative estimate of drug-likeness (QED) is 0.890. The standard InChI is InChI=1S/C18H28N4O/c1-22(2)17-14(7-4-8-20-17)11-21-18(23)15-9-12-5-3-6-13(10-15)16(12)19/h4,7-8,12-13,15-16H,3,5-6,9-11,19H2,1-2H3,(H,21,23). The Bertz CT molecular complexity index is 546. The van der Waals surface area contributed by atoms with E-state index < -0.39 is 0 Å². The van der Waals surface area contributed by atoms with Crippen LogP contribution in [0.2, 0.25) is 0 Å². The van der Waals surface area contributed by atoms with Crippen LogP contribution in [0.15, 0.2) is 18.3 Å². The third-order valence-electron chi connectivity index (χ3n) is 5.53. The number of aromatic nitrogens is 1. The number of pyridine rings is 1. The number of nitrogens with two attached hydrogens (primary N) is 1. The van der Waals surface area contributed by atoms with Crippen LogP contribution in [0.4, 0.5) is 5.82 Å². The minimum Gasteiger partial charge on any atom is -0.362 e. The van der Waals surface area contributed by atoms with Crippen LogP contribution < -0.4 is 16.0 Å². The molecule has 1 amide bonds. The van der Waals surface area contributed by atoms with Gasteiger partial charge in [0.25, 0.3) is 0 Å². The number of hydrogen-bond donors (Lipinski definition) is 2. The first kappa shape index (κ1) is 16.2. The van der Waals surface area contributed by atoms with Crippen molar-refractivity contribution < 1.29 is 4.79 Å². The highest BCUT2D eigenvalue weighted by Crippen LogP contribution is 2.41. The molecular weight excluding hydrogens is 288 g/mol. The molecule has 2 aliphatic rings. The van der Waals surface area contributed by atoms with Gasteiger partial charge in [0.2, 0.25) is 5.91 Å². The van der Waals surface area contributed by atoms with Gasteiger partial charge in [-0.25, -0.2) is 4.98 Å². The second kappa shape index (κ2) is 6.87. The lowest BCUT2D eigenvalue weighted by Gasteiger charge is -2.43. The van der Waals surface area contributed by atoms with Gasteiger partial charge in [0.1, 0.15) is 5.82 Å². The highest BCUT2D eigenvalue weighted by Gasteiger charge is 2.40. The molecule has 2 saturated carbocycles. The number of carbonyl (C=O) groups excluding carboxylic acids is 1. The molecule has 0 aromatic carbocycles. The summed E-state index contributed by atoms with van der Waals surface area (Å²) in [5.74, 6) is 2.30. The normalized spacial score (nSPS) is 29.9. The maximum absolute atomic E-state index is 12.6. The largest absolute Gasteiger partial charge is 0.362 e. The summed E-state index contributed by atoms with van der Waals surface area (Å²) in [5.41, 5.74) is 7.37. The highest BCUT2D eigenvalue weighted by atomic mass is 16.1. The molecule has 3 N–H and O–H groups in total. The molecule has 2 unspecified atom stereocenters. The first-order chi connectivity index (χ1) is 11.1. The van der Waals surface area contributed by atoms with E-state index in [0.29, 0.717) is 24.4 Å². The Hall–Kier alpha value is -1.62. The Morgan fingerprint density at radius 1 is 1.35 bits per heavy atom. The van der Waals surface area contributed by atoms with Crippen molar-refractivity contribution >= 4 is 11.7 Å². The van der Waals surface area contributed by atoms with Crippen molar-refractivity contribution in [3.63, 3.8) is 0 Å². The Labute approximate surface area is 138 Å². The van der Waals surface area contributed by atoms with Gasteiger partial charge in [-0.15, -0.1) is 0 Å². The second-order valence-electron chi connectivity index (χ2n) is 7.30. The summed E-state index contributed by atoms with van der Waals surface area (Å²) in [4.78, 5) is 19.0. The molecule has 2 aliphatic carbocycles. The molecule has 1 aromatic heterocycles. The summed E-state index contributed by atoms with van der Waals surface area (Å²) in [6, 6.07) is 4.25. The maximum atomic E-state index is 12.6. The Kier molecular flexibility index (Phi) is 4.85. The average molecular weight is 316 g/mol. The lowest BCUT2D eigenvalue weighted by molar-refractivity contribution is -0.128. The predicted octanol–water partition coefficient (Wildman–Crippen LogP) is 1.92. The number of nitrogens with one attached hydrogen (secondary N) is 1. The number of amides is 1. The molecule has 3 rings (SSSR count). The highest BCUT2D eigenvalue weighted by molar-refractivity contribution is 5.79. The summed E-state index contributed by atoms with van der Waals surface area (Å²) < 4.78 is 0. The molecule has 0 spiro atoms. The van der Waals surface area contributed by atoms with Crippen molar-refractivity contribution in [2.45, 2.75) is 44.7 Å². The van der Waals surface area contributed by atoms with Crippen LogP contribution in [0.1, 0.15) is 37.7 Å². The van der Waals surface area contributed by atoms with Gasteiger partial charge >= 0.3 is 0 Å². The zero-order chi connectivity index (χ0) is 16.4. The Morgan fingerprint density at radius 2 is 2.04 bits per heavy atom. The lowest BCUT2D eigenvalue weighted by Crippen LogP contribution is -2.49. The SMILES string of the molecule is CN(C)c1ncccc1CNC(=O)C1CC2CCCC(C1)C2N. The van der Waals surface area contributed by atoms with E-state index in [1.807, 2.05) is 31.1 Å². The minimum absolute atomic E-state index is 0.129. The summed E-state index contributed by atoms with van der Waals surface area (Å²) >= 11 is 0. The molecule has 2 bridgehead atoms. The number of anilines is 1. The van der Waals surface area contributed by atoms with Gasteiger partial charge in [-0.1, -0.05) is 12.5 Å². The molecule has 126 valence electrons. The summed E-state index contributed by atoms with van der Waals surface area (Å²) in [6.07, 6.45) is 7.35. The lowest BCUT2D eigenvalue weighted by atomic mass is 9.65. The zero-order valence-electron chi connectivity index (χ0n) is 14.2. The molecule has 23 heavy (non-hydrogen) atoms. The summed E-state index contributed by atoms with van der Waals surface area (Å²) in [7, 11) is 3.94. The fourth-order valence-electron chi connectivity index (χ4n) is 4.30. The van der Waals surface area contributed by atoms with E-state index in [0.717, 1.165) is 24.2 Å². The van der Waals surface area contributed by atoms with Crippen molar-refractivity contribution in [3.8, 4) is 0 Å². The molecule has 0 aliphatic heterocycles. The molecule has 2 fully saturated rings. The van der Waals surface area contributed by atoms with E-state index in [2.05, 4.69) is 10.3 Å². The maximum Gasteiger partial charge on any atom is 0.223 e. The van der Waals surface area contributed by atoms with Crippen LogP contribution >= 0.6 is 0 Å². The van der Waals surface area contributed by atoms with Gasteiger partial charge in [0, 0.05) is 44.4 Å². The second-order valence-corrected chi connectivity index (χ2v) is 7.30.